The normalized spacial score (nSPS) is 27.6. The fourth-order valence-electron chi connectivity index (χ4n) is 19.0. The number of carbonyl (C=O) groups is 9. The van der Waals surface area contributed by atoms with Gasteiger partial charge in [0.05, 0.1) is 60.7 Å². The number of ether oxygens (including phenoxy) is 8. The maximum Gasteiger partial charge on any atom is 0.329 e. The molecule has 7 aliphatic rings. The predicted molar refractivity (Wildman–Crippen MR) is 504 cm³/mol. The van der Waals surface area contributed by atoms with E-state index in [1.54, 1.807) is 84.5 Å². The van der Waals surface area contributed by atoms with Gasteiger partial charge in [-0.25, -0.2) is 38.1 Å². The highest BCUT2D eigenvalue weighted by Crippen LogP contribution is 2.40. The smallest absolute Gasteiger partial charge is 0.329 e. The van der Waals surface area contributed by atoms with Crippen molar-refractivity contribution in [2.45, 2.75) is 218 Å². The summed E-state index contributed by atoms with van der Waals surface area (Å²) in [5.41, 5.74) is 11.4. The molecule has 0 unspecified atom stereocenters. The van der Waals surface area contributed by atoms with Crippen molar-refractivity contribution in [1.82, 2.24) is 49.8 Å². The SMILES string of the molecule is CO[C@H]1C[C@@H]2CC[C@@H](C)[C@@](O)(O2)C(=O)C(=O)N2CCCC[C@H]2C(=O)O[C@H]([C@H](C)C[C@@H]2CC[C@@H](OC(=O)CCc3cnc(N4CCN(C(=O)CCOCCN5CCN(c6ncc(C(=O)NCCS(=O)(=O)c7ccc(C(=O)N8CCOc9ccc(-c%10ccc(N)nc%10)cc9C8)c(C)c7)cn6)CC5)CC4)nc3)[C@H](OC)C2)CC(=O)[C@H](C)/C=C(\C)[C@@H](O)[C@@H](OC)C(=O)[C@H](C)C[C@H](C)/C=C/C=C/C=C/1C. The molecule has 0 radical (unpaired) electrons. The lowest BCUT2D eigenvalue weighted by Crippen LogP contribution is -2.61. The number of pyridine rings is 1. The van der Waals surface area contributed by atoms with Crippen molar-refractivity contribution in [3.63, 3.8) is 0 Å². The van der Waals surface area contributed by atoms with Gasteiger partial charge in [0.15, 0.2) is 15.6 Å². The number of carbonyl (C=O) groups excluding carboxylic acids is 9. The van der Waals surface area contributed by atoms with E-state index in [1.165, 1.54) is 42.6 Å². The number of methoxy groups -OCH3 is 3. The van der Waals surface area contributed by atoms with Gasteiger partial charge in [0.2, 0.25) is 23.6 Å². The summed E-state index contributed by atoms with van der Waals surface area (Å²) in [5.74, 6) is -8.28. The molecule has 135 heavy (non-hydrogen) atoms. The van der Waals surface area contributed by atoms with Gasteiger partial charge in [0, 0.05) is 185 Å². The maximum atomic E-state index is 14.8. The quantitative estimate of drug-likeness (QED) is 0.0183. The molecule has 2 aromatic carbocycles. The number of aliphatic hydroxyl groups excluding tert-OH is 1. The van der Waals surface area contributed by atoms with Crippen LogP contribution in [0.5, 0.6) is 5.75 Å². The number of benzene rings is 2. The second-order valence-electron chi connectivity index (χ2n) is 37.2. The first-order valence-electron chi connectivity index (χ1n) is 47.5. The molecule has 5 aromatic rings. The highest BCUT2D eigenvalue weighted by molar-refractivity contribution is 7.91. The molecule has 12 rings (SSSR count). The number of nitrogens with two attached hydrogens (primary N) is 1. The van der Waals surface area contributed by atoms with Gasteiger partial charge >= 0.3 is 11.9 Å². The van der Waals surface area contributed by atoms with Gasteiger partial charge in [-0.15, -0.1) is 0 Å². The Hall–Kier alpha value is -10.6. The predicted octanol–water partition coefficient (Wildman–Crippen LogP) is 9.01. The van der Waals surface area contributed by atoms with Crippen molar-refractivity contribution in [1.29, 1.82) is 0 Å². The number of allylic oxidation sites excluding steroid dienone is 6. The zero-order valence-corrected chi connectivity index (χ0v) is 80.6. The zero-order valence-electron chi connectivity index (χ0n) is 79.7. The Morgan fingerprint density at radius 2 is 1.43 bits per heavy atom. The number of esters is 2. The Morgan fingerprint density at radius 3 is 2.13 bits per heavy atom. The third-order valence-electron chi connectivity index (χ3n) is 27.4. The second-order valence-corrected chi connectivity index (χ2v) is 39.3. The number of fused-ring (bicyclic) bond motifs is 4. The van der Waals surface area contributed by atoms with Gasteiger partial charge in [-0.1, -0.05) is 77.1 Å². The van der Waals surface area contributed by atoms with Crippen LogP contribution in [0.1, 0.15) is 176 Å². The lowest BCUT2D eigenvalue weighted by Gasteiger charge is -2.42. The Labute approximate surface area is 791 Å². The molecule has 9 heterocycles. The number of hydrogen-bond donors (Lipinski definition) is 4. The van der Waals surface area contributed by atoms with Crippen molar-refractivity contribution >= 4 is 80.5 Å². The van der Waals surface area contributed by atoms with Crippen LogP contribution >= 0.6 is 0 Å². The highest BCUT2D eigenvalue weighted by atomic mass is 32.2. The summed E-state index contributed by atoms with van der Waals surface area (Å²) in [6.07, 6.45) is 18.4. The molecular weight excluding hydrogens is 1750 g/mol. The van der Waals surface area contributed by atoms with Crippen molar-refractivity contribution < 1.29 is 99.7 Å². The van der Waals surface area contributed by atoms with E-state index in [4.69, 9.17) is 43.6 Å². The third kappa shape index (κ3) is 27.4. The minimum absolute atomic E-state index is 0.00593. The molecule has 1 aliphatic carbocycles. The standard InChI is InChI=1S/C100H135N13O21S/c1-63-17-13-12-14-18-64(2)84(127-9)55-77-25-20-70(8)100(124,134-77)93(119)96(122)113-34-16-15-19-80(113)97(123)133-85(56-81(114)66(4)50-69(7)91(118)92(129-11)90(117)68(6)49-63)67(5)51-71-21-28-83(86(53-71)128-10)132-89(116)31-22-72-57-104-98(105-58-72)111-41-39-109(40-42-111)88(115)32-45-130-46-43-108-35-37-110(38-36-108)99-106-60-76(61-107-99)94(120)102-33-48-135(125,126)78-26-27-79(65(3)52-78)95(121)112-44-47-131-82-29-23-73(54-75(82)62-112)74-24-30-87(101)103-59-74/h12-14,17-18,23-24,26-27,29-30,50,52,54,57-61,63,66-68,70-71,77,80,83-86,91-92,118,124H,15-16,19-22,25,28,31-49,51,53,55-56,62H2,1-11H3,(H2,101,103)(H,102,120)/b14-12+,17-13+,64-18+,69-50+/t63-,66-,67-,68-,70-,71+,77+,80+,83-,84+,85+,86-,91-,92+,100-/m1/s1. The first kappa shape index (κ1) is 103. The molecule has 4 amide bonds. The molecule has 2 bridgehead atoms. The summed E-state index contributed by atoms with van der Waals surface area (Å²) in [4.78, 5) is 160. The molecule has 1 saturated carbocycles. The van der Waals surface area contributed by atoms with Crippen molar-refractivity contribution in [2.24, 2.45) is 35.5 Å². The van der Waals surface area contributed by atoms with E-state index in [1.807, 2.05) is 90.1 Å². The summed E-state index contributed by atoms with van der Waals surface area (Å²) >= 11 is 0. The van der Waals surface area contributed by atoms with Crippen LogP contribution in [0.2, 0.25) is 0 Å². The number of nitrogens with zero attached hydrogens (tertiary/aromatic N) is 11. The van der Waals surface area contributed by atoms with E-state index in [0.29, 0.717) is 176 Å². The summed E-state index contributed by atoms with van der Waals surface area (Å²) in [5, 5.41) is 26.5. The molecule has 35 heteroatoms. The van der Waals surface area contributed by atoms with Crippen LogP contribution in [0.3, 0.4) is 0 Å². The average molecular weight is 1890 g/mol. The fraction of sp³-hybridized carbons (Fsp3) is 0.580. The molecule has 732 valence electrons. The first-order valence-corrected chi connectivity index (χ1v) is 49.1. The largest absolute Gasteiger partial charge is 0.491 e. The van der Waals surface area contributed by atoms with Crippen molar-refractivity contribution in [3.8, 4) is 16.9 Å². The number of aromatic nitrogens is 5. The molecule has 3 aromatic heterocycles. The van der Waals surface area contributed by atoms with E-state index in [9.17, 15) is 61.8 Å². The van der Waals surface area contributed by atoms with E-state index in [-0.39, 0.29) is 116 Å². The lowest BCUT2D eigenvalue weighted by molar-refractivity contribution is -0.265. The first-order chi connectivity index (χ1) is 64.7. The van der Waals surface area contributed by atoms with Crippen LogP contribution in [0.25, 0.3) is 11.1 Å². The molecular formula is C100H135N13O21S. The second kappa shape index (κ2) is 48.4. The number of rotatable bonds is 25. The molecule has 5 fully saturated rings. The number of sulfone groups is 1. The number of nitrogen functional groups attached to an aromatic ring is 1. The third-order valence-corrected chi connectivity index (χ3v) is 29.1. The summed E-state index contributed by atoms with van der Waals surface area (Å²) in [6, 6.07) is 12.6. The van der Waals surface area contributed by atoms with Crippen molar-refractivity contribution in [2.75, 3.05) is 141 Å². The van der Waals surface area contributed by atoms with Gasteiger partial charge in [0.1, 0.15) is 54.4 Å². The number of piperidine rings is 1. The zero-order chi connectivity index (χ0) is 96.8. The van der Waals surface area contributed by atoms with Crippen LogP contribution in [0.4, 0.5) is 17.7 Å². The molecule has 5 N–H and O–H groups in total. The lowest BCUT2D eigenvalue weighted by atomic mass is 9.78. The van der Waals surface area contributed by atoms with Crippen LogP contribution in [-0.2, 0) is 89.5 Å². The Balaban J connectivity index is 0.548. The number of amides is 4. The number of aliphatic hydroxyl groups is 2. The van der Waals surface area contributed by atoms with Gasteiger partial charge in [-0.3, -0.25) is 43.3 Å². The molecule has 0 spiro atoms. The van der Waals surface area contributed by atoms with Gasteiger partial charge in [0.25, 0.3) is 23.5 Å². The monoisotopic (exact) mass is 1890 g/mol. The molecule has 15 atom stereocenters. The van der Waals surface area contributed by atoms with Gasteiger partial charge in [-0.05, 0) is 179 Å². The van der Waals surface area contributed by atoms with Crippen LogP contribution in [0.15, 0.2) is 132 Å². The van der Waals surface area contributed by atoms with Crippen molar-refractivity contribution in [3.05, 3.63) is 155 Å². The molecule has 34 nitrogen and oxygen atoms in total. The maximum absolute atomic E-state index is 14.8. The molecule has 4 saturated heterocycles. The minimum Gasteiger partial charge on any atom is -0.491 e. The van der Waals surface area contributed by atoms with E-state index in [2.05, 4.69) is 35.1 Å². The number of aryl methyl sites for hydroxylation is 2. The number of Topliss-reactive ketones (excluding diaryl/α,β-unsaturated/α-hetero) is 3. The Kier molecular flexibility index (Phi) is 37.0. The van der Waals surface area contributed by atoms with Crippen LogP contribution in [0, 0.1) is 42.4 Å². The minimum atomic E-state index is -3.86. The molecule has 6 aliphatic heterocycles. The van der Waals surface area contributed by atoms with E-state index in [0.717, 1.165) is 27.8 Å². The number of nitrogens with one attached hydrogen (secondary N) is 1. The Bertz CT molecular complexity index is 5180. The number of hydrogen-bond acceptors (Lipinski definition) is 30. The van der Waals surface area contributed by atoms with Gasteiger partial charge < -0.3 is 83.7 Å². The van der Waals surface area contributed by atoms with Crippen LogP contribution in [-0.4, -0.2) is 296 Å². The number of ketones is 3. The number of anilines is 3. The highest BCUT2D eigenvalue weighted by Gasteiger charge is 2.53. The van der Waals surface area contributed by atoms with Gasteiger partial charge in [-0.2, -0.15) is 0 Å². The van der Waals surface area contributed by atoms with Crippen LogP contribution < -0.4 is 25.6 Å². The topological polar surface area (TPSA) is 424 Å². The summed E-state index contributed by atoms with van der Waals surface area (Å²) < 4.78 is 75.3. The van der Waals surface area contributed by atoms with E-state index >= 15 is 0 Å². The van der Waals surface area contributed by atoms with E-state index < -0.39 is 118 Å². The summed E-state index contributed by atoms with van der Waals surface area (Å²) in [7, 11) is 0.636. The number of piperazine rings is 2. The fourth-order valence-corrected chi connectivity index (χ4v) is 20.2. The summed E-state index contributed by atoms with van der Waals surface area (Å²) in [6.45, 7) is 21.1. The number of cyclic esters (lactones) is 1. The Morgan fingerprint density at radius 1 is 0.711 bits per heavy atom. The average Bonchev–Trinajstić information content (AvgIpc) is 1.09.